The van der Waals surface area contributed by atoms with Crippen LogP contribution < -0.4 is 10.0 Å². The number of sulfonamides is 1. The summed E-state index contributed by atoms with van der Waals surface area (Å²) in [5.74, 6) is -1.19. The molecule has 0 aliphatic carbocycles. The first-order valence-corrected chi connectivity index (χ1v) is 12.2. The largest absolute Gasteiger partial charge is 0.385 e. The van der Waals surface area contributed by atoms with Crippen LogP contribution in [0.15, 0.2) is 53.4 Å². The van der Waals surface area contributed by atoms with Crippen molar-refractivity contribution in [2.24, 2.45) is 5.92 Å². The number of amides is 2. The molecule has 2 amide bonds. The van der Waals surface area contributed by atoms with E-state index in [1.165, 1.54) is 36.4 Å². The van der Waals surface area contributed by atoms with Gasteiger partial charge in [-0.05, 0) is 49.6 Å². The lowest BCUT2D eigenvalue weighted by atomic mass is 9.95. The van der Waals surface area contributed by atoms with Gasteiger partial charge in [0.15, 0.2) is 0 Å². The van der Waals surface area contributed by atoms with E-state index in [0.29, 0.717) is 39.1 Å². The fourth-order valence-corrected chi connectivity index (χ4v) is 4.76. The summed E-state index contributed by atoms with van der Waals surface area (Å²) in [6.45, 7) is 1.94. The van der Waals surface area contributed by atoms with Gasteiger partial charge in [-0.1, -0.05) is 18.2 Å². The Bertz CT molecular complexity index is 1090. The van der Waals surface area contributed by atoms with Gasteiger partial charge in [-0.25, -0.2) is 12.8 Å². The number of hydrogen-bond donors (Lipinski definition) is 2. The number of nitrogens with zero attached hydrogens (tertiary/aromatic N) is 1. The standard InChI is InChI=1S/C23H28FN3O5S/c1-32-15-5-12-25-22(28)17-10-13-27(14-11-17)23(29)18-6-4-7-19(16-18)33(30,31)26-21-9-3-2-8-20(21)24/h2-4,6-9,16-17,26H,5,10-15H2,1H3,(H,25,28). The van der Waals surface area contributed by atoms with Gasteiger partial charge in [-0.15, -0.1) is 0 Å². The molecule has 0 aromatic heterocycles. The number of carbonyl (C=O) groups excluding carboxylic acids is 2. The first kappa shape index (κ1) is 24.7. The zero-order chi connectivity index (χ0) is 23.8. The van der Waals surface area contributed by atoms with Crippen LogP contribution in [-0.2, 0) is 19.6 Å². The molecule has 0 saturated carbocycles. The second-order valence-corrected chi connectivity index (χ2v) is 9.50. The number of likely N-dealkylation sites (tertiary alicyclic amines) is 1. The maximum Gasteiger partial charge on any atom is 0.262 e. The van der Waals surface area contributed by atoms with Crippen molar-refractivity contribution in [3.05, 3.63) is 59.9 Å². The van der Waals surface area contributed by atoms with E-state index < -0.39 is 15.8 Å². The number of piperidine rings is 1. The van der Waals surface area contributed by atoms with Crippen LogP contribution >= 0.6 is 0 Å². The highest BCUT2D eigenvalue weighted by Gasteiger charge is 2.28. The van der Waals surface area contributed by atoms with E-state index in [-0.39, 0.29) is 33.9 Å². The summed E-state index contributed by atoms with van der Waals surface area (Å²) >= 11 is 0. The third-order valence-electron chi connectivity index (χ3n) is 5.49. The van der Waals surface area contributed by atoms with Crippen molar-refractivity contribution >= 4 is 27.5 Å². The molecule has 3 rings (SSSR count). The minimum absolute atomic E-state index is 0.0227. The Morgan fingerprint density at radius 2 is 1.85 bits per heavy atom. The summed E-state index contributed by atoms with van der Waals surface area (Å²) in [6, 6.07) is 11.1. The predicted octanol–water partition coefficient (Wildman–Crippen LogP) is 2.63. The summed E-state index contributed by atoms with van der Waals surface area (Å²) in [6.07, 6.45) is 1.81. The summed E-state index contributed by atoms with van der Waals surface area (Å²) in [7, 11) is -2.47. The molecule has 2 aromatic carbocycles. The van der Waals surface area contributed by atoms with Gasteiger partial charge in [0.2, 0.25) is 5.91 Å². The third kappa shape index (κ3) is 6.52. The van der Waals surface area contributed by atoms with Gasteiger partial charge in [0, 0.05) is 44.8 Å². The fourth-order valence-electron chi connectivity index (χ4n) is 3.64. The van der Waals surface area contributed by atoms with Crippen molar-refractivity contribution in [2.45, 2.75) is 24.2 Å². The summed E-state index contributed by atoms with van der Waals surface area (Å²) in [4.78, 5) is 26.7. The number of benzene rings is 2. The second-order valence-electron chi connectivity index (χ2n) is 7.82. The molecule has 2 N–H and O–H groups in total. The SMILES string of the molecule is COCCCNC(=O)C1CCN(C(=O)c2cccc(S(=O)(=O)Nc3ccccc3F)c2)CC1. The molecule has 1 fully saturated rings. The van der Waals surface area contributed by atoms with Gasteiger partial charge in [0.25, 0.3) is 15.9 Å². The van der Waals surface area contributed by atoms with Crippen LogP contribution in [0, 0.1) is 11.7 Å². The van der Waals surface area contributed by atoms with Gasteiger partial charge in [-0.2, -0.15) is 0 Å². The number of methoxy groups -OCH3 is 1. The topological polar surface area (TPSA) is 105 Å². The van der Waals surface area contributed by atoms with Gasteiger partial charge in [0.1, 0.15) is 5.82 Å². The highest BCUT2D eigenvalue weighted by Crippen LogP contribution is 2.22. The molecule has 33 heavy (non-hydrogen) atoms. The molecule has 1 saturated heterocycles. The van der Waals surface area contributed by atoms with Crippen molar-refractivity contribution < 1.29 is 27.1 Å². The predicted molar refractivity (Wildman–Crippen MR) is 122 cm³/mol. The minimum atomic E-state index is -4.08. The van der Waals surface area contributed by atoms with Gasteiger partial charge in [-0.3, -0.25) is 14.3 Å². The minimum Gasteiger partial charge on any atom is -0.385 e. The molecule has 0 bridgehead atoms. The van der Waals surface area contributed by atoms with Crippen LogP contribution in [0.5, 0.6) is 0 Å². The number of para-hydroxylation sites is 1. The number of carbonyl (C=O) groups is 2. The van der Waals surface area contributed by atoms with Gasteiger partial charge in [0.05, 0.1) is 10.6 Å². The Hall–Kier alpha value is -2.98. The van der Waals surface area contributed by atoms with E-state index >= 15 is 0 Å². The molecule has 178 valence electrons. The molecule has 1 aliphatic rings. The average Bonchev–Trinajstić information content (AvgIpc) is 2.83. The van der Waals surface area contributed by atoms with Crippen molar-refractivity contribution in [2.75, 3.05) is 38.1 Å². The number of halogens is 1. The Morgan fingerprint density at radius 1 is 1.12 bits per heavy atom. The van der Waals surface area contributed by atoms with Gasteiger partial charge < -0.3 is 15.0 Å². The number of anilines is 1. The maximum absolute atomic E-state index is 13.9. The molecule has 1 aliphatic heterocycles. The van der Waals surface area contributed by atoms with Crippen LogP contribution in [0.4, 0.5) is 10.1 Å². The summed E-state index contributed by atoms with van der Waals surface area (Å²) in [5.41, 5.74) is 0.0469. The van der Waals surface area contributed by atoms with E-state index in [4.69, 9.17) is 4.74 Å². The van der Waals surface area contributed by atoms with E-state index in [0.717, 1.165) is 12.5 Å². The first-order chi connectivity index (χ1) is 15.8. The second kappa shape index (κ2) is 11.2. The molecular formula is C23H28FN3O5S. The summed E-state index contributed by atoms with van der Waals surface area (Å²) < 4.78 is 46.4. The zero-order valence-electron chi connectivity index (χ0n) is 18.4. The quantitative estimate of drug-likeness (QED) is 0.541. The number of ether oxygens (including phenoxy) is 1. The lowest BCUT2D eigenvalue weighted by Gasteiger charge is -2.31. The monoisotopic (exact) mass is 477 g/mol. The Labute approximate surface area is 193 Å². The van der Waals surface area contributed by atoms with Gasteiger partial charge >= 0.3 is 0 Å². The van der Waals surface area contributed by atoms with Crippen molar-refractivity contribution in [3.8, 4) is 0 Å². The molecule has 0 unspecified atom stereocenters. The smallest absolute Gasteiger partial charge is 0.262 e. The number of nitrogens with one attached hydrogen (secondary N) is 2. The molecule has 1 heterocycles. The normalized spacial score (nSPS) is 14.7. The molecular weight excluding hydrogens is 449 g/mol. The molecule has 0 atom stereocenters. The zero-order valence-corrected chi connectivity index (χ0v) is 19.2. The van der Waals surface area contributed by atoms with Crippen molar-refractivity contribution in [1.82, 2.24) is 10.2 Å². The van der Waals surface area contributed by atoms with Crippen LogP contribution in [0.2, 0.25) is 0 Å². The highest BCUT2D eigenvalue weighted by molar-refractivity contribution is 7.92. The van der Waals surface area contributed by atoms with Crippen LogP contribution in [-0.4, -0.2) is 58.5 Å². The van der Waals surface area contributed by atoms with Crippen molar-refractivity contribution in [1.29, 1.82) is 0 Å². The Kier molecular flexibility index (Phi) is 8.40. The van der Waals surface area contributed by atoms with E-state index in [1.807, 2.05) is 0 Å². The first-order valence-electron chi connectivity index (χ1n) is 10.7. The number of rotatable bonds is 9. The molecule has 0 spiro atoms. The summed E-state index contributed by atoms with van der Waals surface area (Å²) in [5, 5.41) is 2.89. The van der Waals surface area contributed by atoms with Crippen molar-refractivity contribution in [3.63, 3.8) is 0 Å². The maximum atomic E-state index is 13.9. The highest BCUT2D eigenvalue weighted by atomic mass is 32.2. The molecule has 8 nitrogen and oxygen atoms in total. The molecule has 10 heteroatoms. The number of hydrogen-bond acceptors (Lipinski definition) is 5. The van der Waals surface area contributed by atoms with E-state index in [1.54, 1.807) is 18.1 Å². The Balaban J connectivity index is 1.61. The fraction of sp³-hybridized carbons (Fsp3) is 0.391. The Morgan fingerprint density at radius 3 is 2.55 bits per heavy atom. The molecule has 0 radical (unpaired) electrons. The lowest BCUT2D eigenvalue weighted by molar-refractivity contribution is -0.126. The molecule has 2 aromatic rings. The van der Waals surface area contributed by atoms with Crippen LogP contribution in [0.25, 0.3) is 0 Å². The average molecular weight is 478 g/mol. The lowest BCUT2D eigenvalue weighted by Crippen LogP contribution is -2.43. The third-order valence-corrected chi connectivity index (χ3v) is 6.85. The van der Waals surface area contributed by atoms with E-state index in [2.05, 4.69) is 10.0 Å². The van der Waals surface area contributed by atoms with Crippen LogP contribution in [0.3, 0.4) is 0 Å². The van der Waals surface area contributed by atoms with Crippen LogP contribution in [0.1, 0.15) is 29.6 Å². The van der Waals surface area contributed by atoms with E-state index in [9.17, 15) is 22.4 Å².